The summed E-state index contributed by atoms with van der Waals surface area (Å²) in [5.74, 6) is 0.241. The molecular formula is C10H13ClN2O. The summed E-state index contributed by atoms with van der Waals surface area (Å²) < 4.78 is 1.75. The van der Waals surface area contributed by atoms with Crippen molar-refractivity contribution in [2.75, 3.05) is 6.54 Å². The Morgan fingerprint density at radius 1 is 1.57 bits per heavy atom. The Labute approximate surface area is 87.5 Å². The lowest BCUT2D eigenvalue weighted by Gasteiger charge is -2.26. The molecule has 0 aliphatic carbocycles. The largest absolute Gasteiger partial charge is 0.330 e. The number of halogens is 1. The molecule has 1 aromatic rings. The van der Waals surface area contributed by atoms with Crippen LogP contribution in [0.4, 0.5) is 0 Å². The predicted octanol–water partition coefficient (Wildman–Crippen LogP) is 1.34. The number of rotatable bonds is 1. The van der Waals surface area contributed by atoms with Gasteiger partial charge in [-0.15, -0.1) is 0 Å². The van der Waals surface area contributed by atoms with E-state index < -0.39 is 0 Å². The topological polar surface area (TPSA) is 48.0 Å². The predicted molar refractivity (Wildman–Crippen MR) is 56.7 cm³/mol. The van der Waals surface area contributed by atoms with Crippen molar-refractivity contribution in [3.8, 4) is 0 Å². The Bertz CT molecular complexity index is 400. The second-order valence-corrected chi connectivity index (χ2v) is 4.04. The van der Waals surface area contributed by atoms with Crippen LogP contribution in [-0.4, -0.2) is 11.1 Å². The molecule has 1 atom stereocenters. The Morgan fingerprint density at radius 2 is 2.36 bits per heavy atom. The summed E-state index contributed by atoms with van der Waals surface area (Å²) in [7, 11) is 0. The van der Waals surface area contributed by atoms with E-state index in [1.54, 1.807) is 10.6 Å². The van der Waals surface area contributed by atoms with Crippen molar-refractivity contribution < 1.29 is 0 Å². The first-order chi connectivity index (χ1) is 6.74. The number of nitrogens with two attached hydrogens (primary N) is 1. The summed E-state index contributed by atoms with van der Waals surface area (Å²) >= 11 is 6.07. The molecule has 0 radical (unpaired) electrons. The van der Waals surface area contributed by atoms with Crippen LogP contribution in [-0.2, 0) is 6.54 Å². The first kappa shape index (κ1) is 9.74. The Kier molecular flexibility index (Phi) is 2.61. The number of aromatic nitrogens is 1. The highest BCUT2D eigenvalue weighted by atomic mass is 35.5. The highest BCUT2D eigenvalue weighted by molar-refractivity contribution is 6.31. The van der Waals surface area contributed by atoms with E-state index in [1.807, 2.05) is 0 Å². The average molecular weight is 213 g/mol. The number of nitrogens with zero attached hydrogens (tertiary/aromatic N) is 1. The molecular weight excluding hydrogens is 200 g/mol. The SMILES string of the molecule is NCC1CCCn2c1c(Cl)ccc2=O. The summed E-state index contributed by atoms with van der Waals surface area (Å²) in [6.45, 7) is 1.33. The number of hydrogen-bond acceptors (Lipinski definition) is 2. The monoisotopic (exact) mass is 212 g/mol. The van der Waals surface area contributed by atoms with Crippen molar-refractivity contribution in [1.29, 1.82) is 0 Å². The van der Waals surface area contributed by atoms with Crippen molar-refractivity contribution >= 4 is 11.6 Å². The third-order valence-corrected chi connectivity index (χ3v) is 3.10. The second-order valence-electron chi connectivity index (χ2n) is 3.63. The zero-order chi connectivity index (χ0) is 10.1. The first-order valence-electron chi connectivity index (χ1n) is 4.83. The van der Waals surface area contributed by atoms with E-state index in [0.29, 0.717) is 11.6 Å². The molecule has 14 heavy (non-hydrogen) atoms. The molecule has 0 saturated heterocycles. The van der Waals surface area contributed by atoms with E-state index in [0.717, 1.165) is 25.1 Å². The van der Waals surface area contributed by atoms with Crippen LogP contribution in [0, 0.1) is 0 Å². The number of pyridine rings is 1. The Morgan fingerprint density at radius 3 is 3.07 bits per heavy atom. The molecule has 0 spiro atoms. The maximum absolute atomic E-state index is 11.5. The first-order valence-corrected chi connectivity index (χ1v) is 5.21. The molecule has 0 bridgehead atoms. The molecule has 0 amide bonds. The number of fused-ring (bicyclic) bond motifs is 1. The molecule has 76 valence electrons. The van der Waals surface area contributed by atoms with Crippen LogP contribution in [0.3, 0.4) is 0 Å². The van der Waals surface area contributed by atoms with Crippen LogP contribution in [0.5, 0.6) is 0 Å². The summed E-state index contributed by atoms with van der Waals surface area (Å²) in [5.41, 5.74) is 6.62. The van der Waals surface area contributed by atoms with E-state index in [9.17, 15) is 4.79 Å². The lowest BCUT2D eigenvalue weighted by molar-refractivity contribution is 0.445. The van der Waals surface area contributed by atoms with Crippen molar-refractivity contribution in [3.05, 3.63) is 33.2 Å². The van der Waals surface area contributed by atoms with Gasteiger partial charge in [0.25, 0.3) is 5.56 Å². The van der Waals surface area contributed by atoms with Gasteiger partial charge in [0.05, 0.1) is 5.02 Å². The van der Waals surface area contributed by atoms with Crippen molar-refractivity contribution in [2.24, 2.45) is 5.73 Å². The van der Waals surface area contributed by atoms with Crippen molar-refractivity contribution in [2.45, 2.75) is 25.3 Å². The van der Waals surface area contributed by atoms with Gasteiger partial charge in [-0.3, -0.25) is 4.79 Å². The quantitative estimate of drug-likeness (QED) is 0.764. The maximum atomic E-state index is 11.5. The van der Waals surface area contributed by atoms with Gasteiger partial charge in [0, 0.05) is 30.8 Å². The maximum Gasteiger partial charge on any atom is 0.250 e. The Balaban J connectivity index is 2.61. The van der Waals surface area contributed by atoms with Gasteiger partial charge in [0.15, 0.2) is 0 Å². The minimum absolute atomic E-state index is 0.0301. The average Bonchev–Trinajstić information content (AvgIpc) is 2.23. The van der Waals surface area contributed by atoms with Gasteiger partial charge >= 0.3 is 0 Å². The fraction of sp³-hybridized carbons (Fsp3) is 0.500. The molecule has 0 aromatic carbocycles. The van der Waals surface area contributed by atoms with Crippen molar-refractivity contribution in [3.63, 3.8) is 0 Å². The van der Waals surface area contributed by atoms with E-state index >= 15 is 0 Å². The molecule has 4 heteroatoms. The van der Waals surface area contributed by atoms with E-state index in [4.69, 9.17) is 17.3 Å². The smallest absolute Gasteiger partial charge is 0.250 e. The molecule has 2 N–H and O–H groups in total. The fourth-order valence-electron chi connectivity index (χ4n) is 2.08. The van der Waals surface area contributed by atoms with Crippen LogP contribution in [0.1, 0.15) is 24.5 Å². The number of hydrogen-bond donors (Lipinski definition) is 1. The lowest BCUT2D eigenvalue weighted by atomic mass is 9.95. The van der Waals surface area contributed by atoms with E-state index in [2.05, 4.69) is 0 Å². The second kappa shape index (κ2) is 3.75. The standard InChI is InChI=1S/C10H13ClN2O/c11-8-3-4-9(14)13-5-1-2-7(6-12)10(8)13/h3-4,7H,1-2,5-6,12H2. The zero-order valence-electron chi connectivity index (χ0n) is 7.87. The molecule has 1 unspecified atom stereocenters. The van der Waals surface area contributed by atoms with Crippen LogP contribution in [0.25, 0.3) is 0 Å². The summed E-state index contributed by atoms with van der Waals surface area (Å²) in [6.07, 6.45) is 2.04. The molecule has 0 fully saturated rings. The lowest BCUT2D eigenvalue weighted by Crippen LogP contribution is -2.31. The molecule has 1 aromatic heterocycles. The van der Waals surface area contributed by atoms with Crippen LogP contribution < -0.4 is 11.3 Å². The van der Waals surface area contributed by atoms with Crippen LogP contribution >= 0.6 is 11.6 Å². The van der Waals surface area contributed by atoms with E-state index in [-0.39, 0.29) is 11.5 Å². The van der Waals surface area contributed by atoms with Crippen LogP contribution in [0.2, 0.25) is 5.02 Å². The van der Waals surface area contributed by atoms with Gasteiger partial charge in [-0.2, -0.15) is 0 Å². The summed E-state index contributed by atoms with van der Waals surface area (Å²) in [5, 5.41) is 0.666. The molecule has 3 nitrogen and oxygen atoms in total. The van der Waals surface area contributed by atoms with Gasteiger partial charge in [0.1, 0.15) is 0 Å². The highest BCUT2D eigenvalue weighted by Crippen LogP contribution is 2.29. The van der Waals surface area contributed by atoms with Crippen LogP contribution in [0.15, 0.2) is 16.9 Å². The fourth-order valence-corrected chi connectivity index (χ4v) is 2.39. The van der Waals surface area contributed by atoms with Gasteiger partial charge in [-0.1, -0.05) is 11.6 Å². The molecule has 1 aliphatic heterocycles. The highest BCUT2D eigenvalue weighted by Gasteiger charge is 2.22. The van der Waals surface area contributed by atoms with Gasteiger partial charge in [-0.05, 0) is 18.9 Å². The van der Waals surface area contributed by atoms with Gasteiger partial charge < -0.3 is 10.3 Å². The molecule has 2 rings (SSSR count). The third-order valence-electron chi connectivity index (χ3n) is 2.78. The molecule has 1 aliphatic rings. The zero-order valence-corrected chi connectivity index (χ0v) is 8.63. The Hall–Kier alpha value is -0.800. The third kappa shape index (κ3) is 1.47. The van der Waals surface area contributed by atoms with Gasteiger partial charge in [0.2, 0.25) is 0 Å². The molecule has 2 heterocycles. The normalized spacial score (nSPS) is 20.6. The van der Waals surface area contributed by atoms with Gasteiger partial charge in [-0.25, -0.2) is 0 Å². The van der Waals surface area contributed by atoms with E-state index in [1.165, 1.54) is 6.07 Å². The minimum atomic E-state index is 0.0301. The van der Waals surface area contributed by atoms with Crippen molar-refractivity contribution in [1.82, 2.24) is 4.57 Å². The summed E-state index contributed by atoms with van der Waals surface area (Å²) in [4.78, 5) is 11.5. The minimum Gasteiger partial charge on any atom is -0.330 e. The summed E-state index contributed by atoms with van der Waals surface area (Å²) in [6, 6.07) is 3.19. The molecule has 0 saturated carbocycles.